The first-order chi connectivity index (χ1) is 15.1. The molecule has 0 radical (unpaired) electrons. The molecule has 0 atom stereocenters. The van der Waals surface area contributed by atoms with Gasteiger partial charge < -0.3 is 15.6 Å². The van der Waals surface area contributed by atoms with Gasteiger partial charge in [0.2, 0.25) is 17.6 Å². The molecule has 9 nitrogen and oxygen atoms in total. The SMILES string of the molecule is Nc1nc(Cc2ccccc2)nc(-c2noc(C(=O)NC3Cc4ccccc4C3)n2)n1. The van der Waals surface area contributed by atoms with E-state index >= 15 is 0 Å². The first-order valence-electron chi connectivity index (χ1n) is 9.90. The molecule has 154 valence electrons. The van der Waals surface area contributed by atoms with E-state index in [1.54, 1.807) is 0 Å². The Kier molecular flexibility index (Phi) is 4.83. The van der Waals surface area contributed by atoms with Gasteiger partial charge in [-0.1, -0.05) is 59.8 Å². The van der Waals surface area contributed by atoms with Gasteiger partial charge in [-0.2, -0.15) is 15.0 Å². The highest BCUT2D eigenvalue weighted by atomic mass is 16.5. The maximum absolute atomic E-state index is 12.6. The van der Waals surface area contributed by atoms with E-state index in [1.807, 2.05) is 42.5 Å². The first-order valence-corrected chi connectivity index (χ1v) is 9.90. The van der Waals surface area contributed by atoms with Crippen molar-refractivity contribution < 1.29 is 9.32 Å². The van der Waals surface area contributed by atoms with E-state index in [0.29, 0.717) is 12.2 Å². The summed E-state index contributed by atoms with van der Waals surface area (Å²) in [7, 11) is 0. The summed E-state index contributed by atoms with van der Waals surface area (Å²) in [5.41, 5.74) is 9.35. The fourth-order valence-electron chi connectivity index (χ4n) is 3.71. The molecule has 5 rings (SSSR count). The maximum Gasteiger partial charge on any atom is 0.316 e. The minimum atomic E-state index is -0.428. The number of hydrogen-bond donors (Lipinski definition) is 2. The Morgan fingerprint density at radius 2 is 1.65 bits per heavy atom. The number of hydrogen-bond acceptors (Lipinski definition) is 8. The first kappa shape index (κ1) is 18.9. The number of aromatic nitrogens is 5. The van der Waals surface area contributed by atoms with Crippen molar-refractivity contribution in [3.8, 4) is 11.6 Å². The summed E-state index contributed by atoms with van der Waals surface area (Å²) in [5.74, 6) is 0.207. The van der Waals surface area contributed by atoms with Crippen molar-refractivity contribution in [3.05, 3.63) is 83.0 Å². The van der Waals surface area contributed by atoms with Gasteiger partial charge in [-0.3, -0.25) is 4.79 Å². The van der Waals surface area contributed by atoms with Crippen molar-refractivity contribution in [3.63, 3.8) is 0 Å². The summed E-state index contributed by atoms with van der Waals surface area (Å²) in [4.78, 5) is 29.4. The fraction of sp³-hybridized carbons (Fsp3) is 0.182. The van der Waals surface area contributed by atoms with Gasteiger partial charge in [0.15, 0.2) is 0 Å². The van der Waals surface area contributed by atoms with Crippen molar-refractivity contribution in [2.75, 3.05) is 5.73 Å². The lowest BCUT2D eigenvalue weighted by molar-refractivity contribution is 0.0894. The van der Waals surface area contributed by atoms with Crippen molar-refractivity contribution in [2.45, 2.75) is 25.3 Å². The Hall–Kier alpha value is -4.14. The van der Waals surface area contributed by atoms with Gasteiger partial charge in [-0.25, -0.2) is 4.98 Å². The van der Waals surface area contributed by atoms with Crippen molar-refractivity contribution in [1.29, 1.82) is 0 Å². The van der Waals surface area contributed by atoms with Crippen LogP contribution in [0, 0.1) is 0 Å². The summed E-state index contributed by atoms with van der Waals surface area (Å²) in [5, 5.41) is 6.80. The van der Waals surface area contributed by atoms with Crippen molar-refractivity contribution >= 4 is 11.9 Å². The Labute approximate surface area is 177 Å². The number of nitrogens with zero attached hydrogens (tertiary/aromatic N) is 5. The van der Waals surface area contributed by atoms with Gasteiger partial charge in [-0.15, -0.1) is 0 Å². The molecule has 0 unspecified atom stereocenters. The third-order valence-corrected chi connectivity index (χ3v) is 5.11. The molecule has 3 N–H and O–H groups in total. The summed E-state index contributed by atoms with van der Waals surface area (Å²) >= 11 is 0. The van der Waals surface area contributed by atoms with Crippen LogP contribution in [0.3, 0.4) is 0 Å². The van der Waals surface area contributed by atoms with Crippen LogP contribution in [0.4, 0.5) is 5.95 Å². The topological polar surface area (TPSA) is 133 Å². The van der Waals surface area contributed by atoms with Crippen LogP contribution in [0.2, 0.25) is 0 Å². The van der Waals surface area contributed by atoms with Gasteiger partial charge >= 0.3 is 11.8 Å². The second-order valence-electron chi connectivity index (χ2n) is 7.37. The van der Waals surface area contributed by atoms with Crippen LogP contribution in [0.25, 0.3) is 11.6 Å². The number of carbonyl (C=O) groups excluding carboxylic acids is 1. The molecule has 4 aromatic rings. The minimum Gasteiger partial charge on any atom is -0.368 e. The predicted octanol–water partition coefficient (Wildman–Crippen LogP) is 1.99. The zero-order valence-electron chi connectivity index (χ0n) is 16.5. The molecule has 2 heterocycles. The molecular weight excluding hydrogens is 394 g/mol. The standard InChI is InChI=1S/C22H19N7O2/c23-22-26-17(10-13-6-2-1-3-7-13)25-18(28-22)19-27-21(31-29-19)20(30)24-16-11-14-8-4-5-9-15(14)12-16/h1-9,16H,10-12H2,(H,24,30)(H2,23,25,26,28). The summed E-state index contributed by atoms with van der Waals surface area (Å²) < 4.78 is 5.15. The Morgan fingerprint density at radius 1 is 0.935 bits per heavy atom. The van der Waals surface area contributed by atoms with Crippen LogP contribution in [-0.4, -0.2) is 37.0 Å². The molecule has 1 aliphatic carbocycles. The zero-order chi connectivity index (χ0) is 21.2. The average Bonchev–Trinajstić information content (AvgIpc) is 3.41. The Bertz CT molecular complexity index is 1210. The molecule has 2 aromatic carbocycles. The molecule has 9 heteroatoms. The van der Waals surface area contributed by atoms with Crippen LogP contribution in [-0.2, 0) is 19.3 Å². The van der Waals surface area contributed by atoms with Crippen molar-refractivity contribution in [2.24, 2.45) is 0 Å². The van der Waals surface area contributed by atoms with Crippen LogP contribution in [0.5, 0.6) is 0 Å². The third kappa shape index (κ3) is 4.11. The maximum atomic E-state index is 12.6. The number of fused-ring (bicyclic) bond motifs is 1. The minimum absolute atomic E-state index is 0.00875. The number of carbonyl (C=O) groups is 1. The van der Waals surface area contributed by atoms with E-state index in [4.69, 9.17) is 10.3 Å². The molecule has 1 aliphatic rings. The zero-order valence-corrected chi connectivity index (χ0v) is 16.5. The molecule has 0 fully saturated rings. The lowest BCUT2D eigenvalue weighted by atomic mass is 10.1. The molecule has 0 bridgehead atoms. The van der Waals surface area contributed by atoms with E-state index in [0.717, 1.165) is 18.4 Å². The normalized spacial score (nSPS) is 13.2. The third-order valence-electron chi connectivity index (χ3n) is 5.11. The lowest BCUT2D eigenvalue weighted by Gasteiger charge is -2.09. The van der Waals surface area contributed by atoms with Crippen LogP contribution in [0.1, 0.15) is 33.2 Å². The molecule has 2 aromatic heterocycles. The van der Waals surface area contributed by atoms with E-state index < -0.39 is 5.91 Å². The van der Waals surface area contributed by atoms with Crippen molar-refractivity contribution in [1.82, 2.24) is 30.4 Å². The number of nitrogens with two attached hydrogens (primary N) is 1. The smallest absolute Gasteiger partial charge is 0.316 e. The molecule has 0 saturated heterocycles. The lowest BCUT2D eigenvalue weighted by Crippen LogP contribution is -2.35. The molecule has 0 spiro atoms. The number of rotatable bonds is 5. The van der Waals surface area contributed by atoms with Gasteiger partial charge in [-0.05, 0) is 29.5 Å². The number of anilines is 1. The summed E-state index contributed by atoms with van der Waals surface area (Å²) in [6.07, 6.45) is 2.03. The fourth-order valence-corrected chi connectivity index (χ4v) is 3.71. The number of nitrogen functional groups attached to an aromatic ring is 1. The molecular formula is C22H19N7O2. The summed E-state index contributed by atoms with van der Waals surface area (Å²) in [6.45, 7) is 0. The van der Waals surface area contributed by atoms with Gasteiger partial charge in [0.25, 0.3) is 0 Å². The van der Waals surface area contributed by atoms with Gasteiger partial charge in [0.05, 0.1) is 0 Å². The van der Waals surface area contributed by atoms with Crippen LogP contribution < -0.4 is 11.1 Å². The molecule has 0 saturated carbocycles. The average molecular weight is 413 g/mol. The second-order valence-corrected chi connectivity index (χ2v) is 7.37. The highest BCUT2D eigenvalue weighted by molar-refractivity contribution is 5.90. The molecule has 31 heavy (non-hydrogen) atoms. The van der Waals surface area contributed by atoms with E-state index in [2.05, 4.69) is 42.5 Å². The van der Waals surface area contributed by atoms with E-state index in [-0.39, 0.29) is 29.5 Å². The Morgan fingerprint density at radius 3 is 2.39 bits per heavy atom. The van der Waals surface area contributed by atoms with Gasteiger partial charge in [0, 0.05) is 12.5 Å². The molecule has 1 amide bonds. The Balaban J connectivity index is 1.31. The molecule has 0 aliphatic heterocycles. The number of benzene rings is 2. The van der Waals surface area contributed by atoms with Crippen LogP contribution >= 0.6 is 0 Å². The highest BCUT2D eigenvalue weighted by Crippen LogP contribution is 2.22. The summed E-state index contributed by atoms with van der Waals surface area (Å²) in [6, 6.07) is 17.9. The monoisotopic (exact) mass is 413 g/mol. The highest BCUT2D eigenvalue weighted by Gasteiger charge is 2.26. The predicted molar refractivity (Wildman–Crippen MR) is 112 cm³/mol. The van der Waals surface area contributed by atoms with Crippen LogP contribution in [0.15, 0.2) is 59.1 Å². The number of amides is 1. The second kappa shape index (κ2) is 7.94. The quantitative estimate of drug-likeness (QED) is 0.507. The van der Waals surface area contributed by atoms with Gasteiger partial charge in [0.1, 0.15) is 5.82 Å². The number of nitrogens with one attached hydrogen (secondary N) is 1. The van der Waals surface area contributed by atoms with E-state index in [9.17, 15) is 4.79 Å². The van der Waals surface area contributed by atoms with E-state index in [1.165, 1.54) is 11.1 Å². The largest absolute Gasteiger partial charge is 0.368 e.